The molecule has 0 unspecified atom stereocenters. The fourth-order valence-corrected chi connectivity index (χ4v) is 2.04. The molecule has 1 N–H and O–H groups in total. The molecule has 0 bridgehead atoms. The summed E-state index contributed by atoms with van der Waals surface area (Å²) in [5.41, 5.74) is 2.22. The van der Waals surface area contributed by atoms with Gasteiger partial charge in [0.2, 0.25) is 0 Å². The molecule has 2 aromatic heterocycles. The Morgan fingerprint density at radius 2 is 2.11 bits per heavy atom. The zero-order chi connectivity index (χ0) is 13.1. The van der Waals surface area contributed by atoms with E-state index in [2.05, 4.69) is 39.6 Å². The third kappa shape index (κ3) is 2.64. The van der Waals surface area contributed by atoms with Gasteiger partial charge in [0.15, 0.2) is 5.82 Å². The summed E-state index contributed by atoms with van der Waals surface area (Å²) < 4.78 is 2.16. The second kappa shape index (κ2) is 5.40. The molecule has 2 aromatic rings. The van der Waals surface area contributed by atoms with Gasteiger partial charge < -0.3 is 14.6 Å². The number of anilines is 1. The van der Waals surface area contributed by atoms with Gasteiger partial charge in [-0.25, -0.2) is 4.98 Å². The molecule has 18 heavy (non-hydrogen) atoms. The van der Waals surface area contributed by atoms with Crippen LogP contribution in [0.5, 0.6) is 0 Å². The minimum Gasteiger partial charge on any atom is -0.361 e. The lowest BCUT2D eigenvalue weighted by Crippen LogP contribution is -2.22. The third-order valence-electron chi connectivity index (χ3n) is 2.88. The average Bonchev–Trinajstić information content (AvgIpc) is 2.68. The minimum absolute atomic E-state index is 0.659. The van der Waals surface area contributed by atoms with Gasteiger partial charge in [0.25, 0.3) is 0 Å². The Balaban J connectivity index is 2.30. The van der Waals surface area contributed by atoms with E-state index >= 15 is 0 Å². The molecule has 0 saturated carbocycles. The molecule has 0 aliphatic carbocycles. The van der Waals surface area contributed by atoms with Crippen LogP contribution in [0.4, 0.5) is 5.82 Å². The van der Waals surface area contributed by atoms with E-state index in [1.165, 1.54) is 5.69 Å². The highest BCUT2D eigenvalue weighted by molar-refractivity contribution is 5.55. The largest absolute Gasteiger partial charge is 0.361 e. The fraction of sp³-hybridized carbons (Fsp3) is 0.500. The van der Waals surface area contributed by atoms with Crippen LogP contribution >= 0.6 is 0 Å². The number of nitrogens with one attached hydrogen (secondary N) is 1. The van der Waals surface area contributed by atoms with E-state index in [0.29, 0.717) is 5.92 Å². The van der Waals surface area contributed by atoms with Crippen molar-refractivity contribution in [3.63, 3.8) is 0 Å². The van der Waals surface area contributed by atoms with E-state index in [9.17, 15) is 0 Å². The molecule has 0 aromatic carbocycles. The molecular weight excluding hydrogens is 224 g/mol. The van der Waals surface area contributed by atoms with Crippen LogP contribution < -0.4 is 10.2 Å². The summed E-state index contributed by atoms with van der Waals surface area (Å²) in [4.78, 5) is 6.73. The average molecular weight is 246 g/mol. The normalized spacial score (nSPS) is 11.4. The molecule has 4 nitrogen and oxygen atoms in total. The van der Waals surface area contributed by atoms with E-state index in [1.54, 1.807) is 0 Å². The van der Waals surface area contributed by atoms with Crippen LogP contribution in [0.15, 0.2) is 24.4 Å². The molecule has 0 radical (unpaired) electrons. The molecule has 0 spiro atoms. The Morgan fingerprint density at radius 3 is 2.78 bits per heavy atom. The summed E-state index contributed by atoms with van der Waals surface area (Å²) in [7, 11) is 4.07. The highest BCUT2D eigenvalue weighted by Gasteiger charge is 2.12. The summed E-state index contributed by atoms with van der Waals surface area (Å²) in [6.07, 6.45) is 2.07. The standard InChI is InChI=1S/C14H22N4/c1-11(2)9-15-10-12-14(17(3)4)16-13-7-5-6-8-18(12)13/h5-8,11,15H,9-10H2,1-4H3. The van der Waals surface area contributed by atoms with Crippen LogP contribution in [-0.4, -0.2) is 30.0 Å². The maximum Gasteiger partial charge on any atom is 0.151 e. The first-order chi connectivity index (χ1) is 8.59. The van der Waals surface area contributed by atoms with Gasteiger partial charge in [-0.1, -0.05) is 19.9 Å². The molecule has 0 atom stereocenters. The Kier molecular flexibility index (Phi) is 3.87. The van der Waals surface area contributed by atoms with Crippen molar-refractivity contribution in [2.24, 2.45) is 5.92 Å². The molecule has 4 heteroatoms. The van der Waals surface area contributed by atoms with Gasteiger partial charge in [0.1, 0.15) is 5.65 Å². The number of imidazole rings is 1. The number of fused-ring (bicyclic) bond motifs is 1. The first-order valence-corrected chi connectivity index (χ1v) is 6.43. The van der Waals surface area contributed by atoms with Gasteiger partial charge in [-0.15, -0.1) is 0 Å². The van der Waals surface area contributed by atoms with Crippen LogP contribution in [0.2, 0.25) is 0 Å². The number of rotatable bonds is 5. The Morgan fingerprint density at radius 1 is 1.33 bits per heavy atom. The lowest BCUT2D eigenvalue weighted by Gasteiger charge is -2.13. The molecule has 98 valence electrons. The molecule has 2 rings (SSSR count). The zero-order valence-corrected chi connectivity index (χ0v) is 11.6. The number of hydrogen-bond acceptors (Lipinski definition) is 3. The maximum absolute atomic E-state index is 4.66. The highest BCUT2D eigenvalue weighted by atomic mass is 15.2. The van der Waals surface area contributed by atoms with Gasteiger partial charge in [-0.2, -0.15) is 0 Å². The van der Waals surface area contributed by atoms with Crippen molar-refractivity contribution < 1.29 is 0 Å². The van der Waals surface area contributed by atoms with Crippen molar-refractivity contribution in [1.29, 1.82) is 0 Å². The summed E-state index contributed by atoms with van der Waals surface area (Å²) in [6, 6.07) is 6.10. The first-order valence-electron chi connectivity index (χ1n) is 6.43. The minimum atomic E-state index is 0.659. The lowest BCUT2D eigenvalue weighted by atomic mass is 10.2. The van der Waals surface area contributed by atoms with Gasteiger partial charge >= 0.3 is 0 Å². The lowest BCUT2D eigenvalue weighted by molar-refractivity contribution is 0.547. The molecular formula is C14H22N4. The van der Waals surface area contributed by atoms with Gasteiger partial charge in [-0.05, 0) is 24.6 Å². The van der Waals surface area contributed by atoms with Crippen molar-refractivity contribution in [2.75, 3.05) is 25.5 Å². The van der Waals surface area contributed by atoms with Crippen molar-refractivity contribution in [1.82, 2.24) is 14.7 Å². The molecule has 0 fully saturated rings. The third-order valence-corrected chi connectivity index (χ3v) is 2.88. The van der Waals surface area contributed by atoms with E-state index in [-0.39, 0.29) is 0 Å². The molecule has 0 aliphatic rings. The highest BCUT2D eigenvalue weighted by Crippen LogP contribution is 2.19. The number of aromatic nitrogens is 2. The van der Waals surface area contributed by atoms with E-state index < -0.39 is 0 Å². The van der Waals surface area contributed by atoms with Gasteiger partial charge in [-0.3, -0.25) is 0 Å². The van der Waals surface area contributed by atoms with Crippen LogP contribution in [-0.2, 0) is 6.54 Å². The van der Waals surface area contributed by atoms with E-state index in [1.807, 2.05) is 32.3 Å². The SMILES string of the molecule is CC(C)CNCc1c(N(C)C)nc2ccccn12. The molecule has 2 heterocycles. The van der Waals surface area contributed by atoms with Gasteiger partial charge in [0, 0.05) is 26.8 Å². The molecule has 0 aliphatic heterocycles. The number of pyridine rings is 1. The second-order valence-electron chi connectivity index (χ2n) is 5.23. The van der Waals surface area contributed by atoms with E-state index in [0.717, 1.165) is 24.6 Å². The first kappa shape index (κ1) is 12.9. The predicted molar refractivity (Wildman–Crippen MR) is 76.1 cm³/mol. The van der Waals surface area contributed by atoms with Crippen molar-refractivity contribution in [3.8, 4) is 0 Å². The number of hydrogen-bond donors (Lipinski definition) is 1. The maximum atomic E-state index is 4.66. The van der Waals surface area contributed by atoms with Crippen LogP contribution in [0, 0.1) is 5.92 Å². The topological polar surface area (TPSA) is 32.6 Å². The monoisotopic (exact) mass is 246 g/mol. The van der Waals surface area contributed by atoms with Crippen molar-refractivity contribution >= 4 is 11.5 Å². The van der Waals surface area contributed by atoms with Gasteiger partial charge in [0.05, 0.1) is 5.69 Å². The fourth-order valence-electron chi connectivity index (χ4n) is 2.04. The van der Waals surface area contributed by atoms with Crippen molar-refractivity contribution in [2.45, 2.75) is 20.4 Å². The number of nitrogens with zero attached hydrogens (tertiary/aromatic N) is 3. The Labute approximate surface area is 109 Å². The Bertz CT molecular complexity index is 513. The van der Waals surface area contributed by atoms with E-state index in [4.69, 9.17) is 0 Å². The second-order valence-corrected chi connectivity index (χ2v) is 5.23. The van der Waals surface area contributed by atoms with Crippen LogP contribution in [0.3, 0.4) is 0 Å². The van der Waals surface area contributed by atoms with Crippen molar-refractivity contribution in [3.05, 3.63) is 30.1 Å². The summed E-state index contributed by atoms with van der Waals surface area (Å²) in [5, 5.41) is 3.49. The zero-order valence-electron chi connectivity index (χ0n) is 11.6. The molecule has 0 amide bonds. The molecule has 0 saturated heterocycles. The smallest absolute Gasteiger partial charge is 0.151 e. The summed E-state index contributed by atoms with van der Waals surface area (Å²) in [5.74, 6) is 1.70. The quantitative estimate of drug-likeness (QED) is 0.877. The summed E-state index contributed by atoms with van der Waals surface area (Å²) in [6.45, 7) is 6.30. The predicted octanol–water partition coefficient (Wildman–Crippen LogP) is 2.15. The summed E-state index contributed by atoms with van der Waals surface area (Å²) >= 11 is 0. The van der Waals surface area contributed by atoms with Crippen LogP contribution in [0.25, 0.3) is 5.65 Å². The Hall–Kier alpha value is -1.55. The van der Waals surface area contributed by atoms with Crippen LogP contribution in [0.1, 0.15) is 19.5 Å².